The van der Waals surface area contributed by atoms with Crippen LogP contribution in [0.5, 0.6) is 0 Å². The minimum atomic E-state index is -0.875. The van der Waals surface area contributed by atoms with Crippen molar-refractivity contribution in [1.29, 1.82) is 0 Å². The third-order valence-electron chi connectivity index (χ3n) is 6.14. The normalized spacial score (nSPS) is 19.4. The summed E-state index contributed by atoms with van der Waals surface area (Å²) in [5.74, 6) is -1.69. The number of carbonyl (C=O) groups excluding carboxylic acids is 2. The number of hydrogen-bond acceptors (Lipinski definition) is 4. The number of fused-ring (bicyclic) bond motifs is 3. The van der Waals surface area contributed by atoms with Gasteiger partial charge in [0.1, 0.15) is 6.61 Å². The number of alkyl carbamates (subject to hydrolysis) is 1. The van der Waals surface area contributed by atoms with Crippen LogP contribution in [0.4, 0.5) is 4.79 Å². The number of ether oxygens (including phenoxy) is 1. The van der Waals surface area contributed by atoms with Crippen molar-refractivity contribution in [2.75, 3.05) is 13.2 Å². The van der Waals surface area contributed by atoms with E-state index in [4.69, 9.17) is 4.74 Å². The maximum absolute atomic E-state index is 12.1. The molecule has 1 fully saturated rings. The van der Waals surface area contributed by atoms with Crippen LogP contribution < -0.4 is 10.6 Å². The molecule has 162 valence electrons. The maximum Gasteiger partial charge on any atom is 0.407 e. The summed E-state index contributed by atoms with van der Waals surface area (Å²) in [6.45, 7) is 0.349. The highest BCUT2D eigenvalue weighted by Crippen LogP contribution is 2.44. The molecular formula is C24H26N2O5. The zero-order chi connectivity index (χ0) is 21.8. The quantitative estimate of drug-likeness (QED) is 0.635. The molecule has 0 radical (unpaired) electrons. The summed E-state index contributed by atoms with van der Waals surface area (Å²) >= 11 is 0. The van der Waals surface area contributed by atoms with Crippen molar-refractivity contribution in [2.45, 2.75) is 37.6 Å². The van der Waals surface area contributed by atoms with Crippen LogP contribution in [-0.2, 0) is 14.3 Å². The van der Waals surface area contributed by atoms with Gasteiger partial charge in [-0.3, -0.25) is 9.59 Å². The monoisotopic (exact) mass is 422 g/mol. The summed E-state index contributed by atoms with van der Waals surface area (Å²) in [5, 5.41) is 14.6. The Morgan fingerprint density at radius 3 is 2.26 bits per heavy atom. The molecule has 3 N–H and O–H groups in total. The fourth-order valence-electron chi connectivity index (χ4n) is 4.63. The van der Waals surface area contributed by atoms with Crippen molar-refractivity contribution in [3.05, 3.63) is 59.7 Å². The lowest BCUT2D eigenvalue weighted by atomic mass is 9.98. The lowest BCUT2D eigenvalue weighted by molar-refractivity contribution is -0.142. The number of aliphatic carboxylic acids is 1. The summed E-state index contributed by atoms with van der Waals surface area (Å²) in [6, 6.07) is 15.9. The molecule has 0 bridgehead atoms. The molecule has 2 aliphatic carbocycles. The molecule has 0 heterocycles. The second-order valence-electron chi connectivity index (χ2n) is 8.05. The SMILES string of the molecule is O=C(CCNC(=O)OCC1c2ccccc2-c2ccccc21)N[C@H]1CCC[C@H]1C(=O)O. The van der Waals surface area contributed by atoms with Crippen molar-refractivity contribution in [1.82, 2.24) is 10.6 Å². The van der Waals surface area contributed by atoms with Gasteiger partial charge in [-0.25, -0.2) is 4.79 Å². The molecule has 2 atom stereocenters. The van der Waals surface area contributed by atoms with Gasteiger partial charge < -0.3 is 20.5 Å². The van der Waals surface area contributed by atoms with E-state index in [0.717, 1.165) is 28.7 Å². The highest BCUT2D eigenvalue weighted by molar-refractivity contribution is 5.80. The van der Waals surface area contributed by atoms with Crippen molar-refractivity contribution >= 4 is 18.0 Å². The van der Waals surface area contributed by atoms with E-state index in [1.54, 1.807) is 0 Å². The van der Waals surface area contributed by atoms with Gasteiger partial charge in [0.15, 0.2) is 0 Å². The van der Waals surface area contributed by atoms with Crippen molar-refractivity contribution in [3.63, 3.8) is 0 Å². The standard InChI is InChI=1S/C24H26N2O5/c27-22(26-21-11-5-10-19(21)23(28)29)12-13-25-24(30)31-14-20-17-8-3-1-6-15(17)16-7-2-4-9-18(16)20/h1-4,6-9,19-21H,5,10-14H2,(H,25,30)(H,26,27)(H,28,29)/t19-,21+/m1/s1. The molecule has 0 saturated heterocycles. The Morgan fingerprint density at radius 1 is 0.968 bits per heavy atom. The van der Waals surface area contributed by atoms with E-state index >= 15 is 0 Å². The third kappa shape index (κ3) is 4.55. The first-order valence-electron chi connectivity index (χ1n) is 10.7. The fraction of sp³-hybridized carbons (Fsp3) is 0.375. The molecule has 2 amide bonds. The number of carboxylic acid groups (broad SMARTS) is 1. The lowest BCUT2D eigenvalue weighted by Gasteiger charge is -2.17. The Kier molecular flexibility index (Phi) is 6.21. The van der Waals surface area contributed by atoms with Gasteiger partial charge in [-0.15, -0.1) is 0 Å². The van der Waals surface area contributed by atoms with Crippen LogP contribution in [0.1, 0.15) is 42.7 Å². The van der Waals surface area contributed by atoms with Gasteiger partial charge in [-0.05, 0) is 35.1 Å². The van der Waals surface area contributed by atoms with Gasteiger partial charge in [0.2, 0.25) is 5.91 Å². The Hall–Kier alpha value is -3.35. The van der Waals surface area contributed by atoms with E-state index in [2.05, 4.69) is 34.9 Å². The Labute approximate surface area is 180 Å². The summed E-state index contributed by atoms with van der Waals surface area (Å²) in [6.07, 6.45) is 1.55. The molecule has 0 spiro atoms. The first-order valence-corrected chi connectivity index (χ1v) is 10.7. The Bertz CT molecular complexity index is 944. The smallest absolute Gasteiger partial charge is 0.407 e. The molecule has 31 heavy (non-hydrogen) atoms. The molecule has 7 heteroatoms. The minimum absolute atomic E-state index is 0.0169. The van der Waals surface area contributed by atoms with Crippen molar-refractivity contribution in [3.8, 4) is 11.1 Å². The second-order valence-corrected chi connectivity index (χ2v) is 8.05. The number of nitrogens with one attached hydrogen (secondary N) is 2. The molecule has 2 aromatic rings. The number of benzene rings is 2. The largest absolute Gasteiger partial charge is 0.481 e. The van der Waals surface area contributed by atoms with E-state index in [-0.39, 0.29) is 37.4 Å². The molecule has 1 saturated carbocycles. The van der Waals surface area contributed by atoms with Gasteiger partial charge in [-0.2, -0.15) is 0 Å². The van der Waals surface area contributed by atoms with Crippen LogP contribution in [0.25, 0.3) is 11.1 Å². The van der Waals surface area contributed by atoms with Crippen molar-refractivity contribution in [2.24, 2.45) is 5.92 Å². The van der Waals surface area contributed by atoms with Crippen LogP contribution in [0.15, 0.2) is 48.5 Å². The lowest BCUT2D eigenvalue weighted by Crippen LogP contribution is -2.41. The number of amides is 2. The molecule has 4 rings (SSSR count). The summed E-state index contributed by atoms with van der Waals surface area (Å²) in [4.78, 5) is 35.4. The van der Waals surface area contributed by atoms with Gasteiger partial charge in [-0.1, -0.05) is 55.0 Å². The van der Waals surface area contributed by atoms with Crippen LogP contribution in [0.2, 0.25) is 0 Å². The average Bonchev–Trinajstić information content (AvgIpc) is 3.35. The third-order valence-corrected chi connectivity index (χ3v) is 6.14. The summed E-state index contributed by atoms with van der Waals surface area (Å²) < 4.78 is 5.44. The first kappa shape index (κ1) is 20.9. The minimum Gasteiger partial charge on any atom is -0.481 e. The van der Waals surface area contributed by atoms with Gasteiger partial charge in [0.25, 0.3) is 0 Å². The summed E-state index contributed by atoms with van der Waals surface area (Å²) in [7, 11) is 0. The molecule has 0 aromatic heterocycles. The number of carbonyl (C=O) groups is 3. The molecule has 0 unspecified atom stereocenters. The van der Waals surface area contributed by atoms with E-state index < -0.39 is 18.0 Å². The van der Waals surface area contributed by atoms with E-state index in [0.29, 0.717) is 12.8 Å². The van der Waals surface area contributed by atoms with Crippen LogP contribution >= 0.6 is 0 Å². The highest BCUT2D eigenvalue weighted by Gasteiger charge is 2.33. The molecule has 2 aromatic carbocycles. The van der Waals surface area contributed by atoms with Gasteiger partial charge in [0, 0.05) is 24.9 Å². The maximum atomic E-state index is 12.1. The van der Waals surface area contributed by atoms with Gasteiger partial charge in [0.05, 0.1) is 5.92 Å². The van der Waals surface area contributed by atoms with Crippen LogP contribution in [0, 0.1) is 5.92 Å². The van der Waals surface area contributed by atoms with Crippen LogP contribution in [0.3, 0.4) is 0 Å². The van der Waals surface area contributed by atoms with Crippen LogP contribution in [-0.4, -0.2) is 42.3 Å². The van der Waals surface area contributed by atoms with E-state index in [1.807, 2.05) is 24.3 Å². The average molecular weight is 422 g/mol. The van der Waals surface area contributed by atoms with Crippen molar-refractivity contribution < 1.29 is 24.2 Å². The molecule has 0 aliphatic heterocycles. The molecular weight excluding hydrogens is 396 g/mol. The zero-order valence-corrected chi connectivity index (χ0v) is 17.2. The molecule has 2 aliphatic rings. The Balaban J connectivity index is 1.24. The second kappa shape index (κ2) is 9.20. The number of rotatable bonds is 7. The topological polar surface area (TPSA) is 105 Å². The zero-order valence-electron chi connectivity index (χ0n) is 17.2. The Morgan fingerprint density at radius 2 is 1.61 bits per heavy atom. The van der Waals surface area contributed by atoms with Gasteiger partial charge >= 0.3 is 12.1 Å². The number of carboxylic acids is 1. The summed E-state index contributed by atoms with van der Waals surface area (Å²) in [5.41, 5.74) is 4.60. The highest BCUT2D eigenvalue weighted by atomic mass is 16.5. The van der Waals surface area contributed by atoms with E-state index in [1.165, 1.54) is 0 Å². The predicted molar refractivity (Wildman–Crippen MR) is 115 cm³/mol. The number of hydrogen-bond donors (Lipinski definition) is 3. The first-order chi connectivity index (χ1) is 15.0. The predicted octanol–water partition coefficient (Wildman–Crippen LogP) is 3.28. The van der Waals surface area contributed by atoms with E-state index in [9.17, 15) is 19.5 Å². The molecule has 7 nitrogen and oxygen atoms in total. The fourth-order valence-corrected chi connectivity index (χ4v) is 4.63.